The normalized spacial score (nSPS) is 11.8. The molecule has 2 heteroatoms. The molecule has 0 aliphatic rings. The molecule has 0 atom stereocenters. The van der Waals surface area contributed by atoms with Crippen LogP contribution in [0.4, 0.5) is 0 Å². The van der Waals surface area contributed by atoms with Crippen molar-refractivity contribution in [2.45, 2.75) is 50.6 Å². The first-order valence-electron chi connectivity index (χ1n) is 6.77. The summed E-state index contributed by atoms with van der Waals surface area (Å²) in [6, 6.07) is 10.8. The van der Waals surface area contributed by atoms with E-state index in [1.54, 1.807) is 3.80 Å². The Hall–Kier alpha value is -0.171. The molecule has 1 rings (SSSR count). The van der Waals surface area contributed by atoms with Gasteiger partial charge in [-0.25, -0.2) is 0 Å². The molecule has 0 unspecified atom stereocenters. The number of hydrogen-bond donors (Lipinski definition) is 0. The monoisotopic (exact) mass is 328 g/mol. The van der Waals surface area contributed by atoms with Crippen LogP contribution in [-0.2, 0) is 5.75 Å². The van der Waals surface area contributed by atoms with Gasteiger partial charge in [0.2, 0.25) is 0 Å². The molecule has 0 aliphatic heterocycles. The van der Waals surface area contributed by atoms with E-state index in [1.807, 2.05) is 11.8 Å². The Morgan fingerprint density at radius 1 is 1.17 bits per heavy atom. The van der Waals surface area contributed by atoms with Crippen LogP contribution < -0.4 is 0 Å². The fourth-order valence-electron chi connectivity index (χ4n) is 1.72. The minimum absolute atomic E-state index is 0.643. The predicted octanol–water partition coefficient (Wildman–Crippen LogP) is 5.48. The van der Waals surface area contributed by atoms with Crippen LogP contribution in [0.3, 0.4) is 0 Å². The molecule has 0 fully saturated rings. The Labute approximate surface area is 123 Å². The SMILES string of the molecule is CCCCCC/C=C(\SCc1ccccc1)[Se]C. The van der Waals surface area contributed by atoms with Crippen molar-refractivity contribution >= 4 is 26.7 Å². The van der Waals surface area contributed by atoms with E-state index in [4.69, 9.17) is 0 Å². The van der Waals surface area contributed by atoms with Gasteiger partial charge in [-0.05, 0) is 0 Å². The molecule has 100 valence electrons. The molecule has 0 spiro atoms. The average Bonchev–Trinajstić information content (AvgIpc) is 2.43. The van der Waals surface area contributed by atoms with E-state index in [2.05, 4.69) is 49.2 Å². The third kappa shape index (κ3) is 7.31. The summed E-state index contributed by atoms with van der Waals surface area (Å²) in [6.07, 6.45) is 9.21. The molecule has 0 bridgehead atoms. The molecule has 0 saturated carbocycles. The third-order valence-corrected chi connectivity index (χ3v) is 6.52. The van der Waals surface area contributed by atoms with E-state index in [1.165, 1.54) is 37.7 Å². The fraction of sp³-hybridized carbons (Fsp3) is 0.500. The van der Waals surface area contributed by atoms with Crippen LogP contribution in [0, 0.1) is 0 Å². The van der Waals surface area contributed by atoms with Crippen molar-refractivity contribution in [1.82, 2.24) is 0 Å². The van der Waals surface area contributed by atoms with Crippen molar-refractivity contribution in [2.75, 3.05) is 0 Å². The van der Waals surface area contributed by atoms with E-state index in [0.29, 0.717) is 15.0 Å². The van der Waals surface area contributed by atoms with Crippen LogP contribution >= 0.6 is 11.8 Å². The van der Waals surface area contributed by atoms with Crippen LogP contribution in [0.1, 0.15) is 44.6 Å². The van der Waals surface area contributed by atoms with Crippen molar-refractivity contribution < 1.29 is 0 Å². The van der Waals surface area contributed by atoms with Crippen molar-refractivity contribution in [2.24, 2.45) is 0 Å². The zero-order valence-electron chi connectivity index (χ0n) is 11.5. The zero-order chi connectivity index (χ0) is 13.1. The van der Waals surface area contributed by atoms with E-state index < -0.39 is 0 Å². The summed E-state index contributed by atoms with van der Waals surface area (Å²) in [6.45, 7) is 2.27. The summed E-state index contributed by atoms with van der Waals surface area (Å²) >= 11 is 2.67. The molecule has 0 radical (unpaired) electrons. The van der Waals surface area contributed by atoms with Gasteiger partial charge in [0.15, 0.2) is 0 Å². The first kappa shape index (κ1) is 15.9. The van der Waals surface area contributed by atoms with Gasteiger partial charge in [0.25, 0.3) is 0 Å². The van der Waals surface area contributed by atoms with Gasteiger partial charge in [-0.15, -0.1) is 0 Å². The summed E-state index contributed by atoms with van der Waals surface area (Å²) in [5.41, 5.74) is 1.43. The molecular weight excluding hydrogens is 303 g/mol. The number of hydrogen-bond acceptors (Lipinski definition) is 1. The molecule has 0 amide bonds. The fourth-order valence-corrected chi connectivity index (χ4v) is 4.29. The molecular formula is C16H24SSe. The van der Waals surface area contributed by atoms with Gasteiger partial charge in [-0.3, -0.25) is 0 Å². The molecule has 1 aromatic carbocycles. The Morgan fingerprint density at radius 2 is 1.94 bits per heavy atom. The second-order valence-corrected chi connectivity index (χ2v) is 7.73. The predicted molar refractivity (Wildman–Crippen MR) is 86.2 cm³/mol. The van der Waals surface area contributed by atoms with Gasteiger partial charge in [0.05, 0.1) is 0 Å². The van der Waals surface area contributed by atoms with Gasteiger partial charge in [-0.1, -0.05) is 0 Å². The number of benzene rings is 1. The summed E-state index contributed by atoms with van der Waals surface area (Å²) in [5.74, 6) is 3.44. The molecule has 0 N–H and O–H groups in total. The molecule has 0 aliphatic carbocycles. The Kier molecular flexibility index (Phi) is 9.46. The first-order chi connectivity index (χ1) is 8.86. The maximum atomic E-state index is 2.48. The van der Waals surface area contributed by atoms with Gasteiger partial charge in [0, 0.05) is 0 Å². The topological polar surface area (TPSA) is 0 Å². The summed E-state index contributed by atoms with van der Waals surface area (Å²) in [5, 5.41) is 0. The quantitative estimate of drug-likeness (QED) is 0.427. The summed E-state index contributed by atoms with van der Waals surface area (Å²) < 4.78 is 1.61. The van der Waals surface area contributed by atoms with E-state index >= 15 is 0 Å². The molecule has 18 heavy (non-hydrogen) atoms. The van der Waals surface area contributed by atoms with Crippen LogP contribution in [0.15, 0.2) is 40.2 Å². The standard InChI is InChI=1S/C16H24SSe/c1-3-4-5-6-10-13-16(18-2)17-14-15-11-8-7-9-12-15/h7-9,11-13H,3-6,10,14H2,1-2H3/b16-13+. The number of rotatable bonds is 9. The Morgan fingerprint density at radius 3 is 2.61 bits per heavy atom. The van der Waals surface area contributed by atoms with E-state index in [-0.39, 0.29) is 0 Å². The third-order valence-electron chi connectivity index (χ3n) is 2.79. The van der Waals surface area contributed by atoms with E-state index in [0.717, 1.165) is 5.75 Å². The van der Waals surface area contributed by atoms with E-state index in [9.17, 15) is 0 Å². The second-order valence-electron chi connectivity index (χ2n) is 4.35. The Balaban J connectivity index is 2.26. The summed E-state index contributed by atoms with van der Waals surface area (Å²) in [4.78, 5) is 0. The van der Waals surface area contributed by atoms with Crippen LogP contribution in [0.2, 0.25) is 5.82 Å². The molecule has 0 aromatic heterocycles. The first-order valence-corrected chi connectivity index (χ1v) is 10.3. The minimum atomic E-state index is 0.643. The maximum absolute atomic E-state index is 2.48. The van der Waals surface area contributed by atoms with Crippen LogP contribution in [0.5, 0.6) is 0 Å². The molecule has 0 heterocycles. The van der Waals surface area contributed by atoms with Gasteiger partial charge in [-0.2, -0.15) is 0 Å². The second kappa shape index (κ2) is 10.7. The number of thioether (sulfide) groups is 1. The zero-order valence-corrected chi connectivity index (χ0v) is 14.1. The summed E-state index contributed by atoms with van der Waals surface area (Å²) in [7, 11) is 0. The molecule has 0 saturated heterocycles. The van der Waals surface area contributed by atoms with Crippen molar-refractivity contribution in [1.29, 1.82) is 0 Å². The van der Waals surface area contributed by atoms with Crippen molar-refractivity contribution in [3.05, 3.63) is 45.8 Å². The molecule has 1 aromatic rings. The number of allylic oxidation sites excluding steroid dienone is 1. The van der Waals surface area contributed by atoms with Gasteiger partial charge < -0.3 is 0 Å². The van der Waals surface area contributed by atoms with Crippen LogP contribution in [-0.4, -0.2) is 15.0 Å². The molecule has 0 nitrogen and oxygen atoms in total. The Bertz CT molecular complexity index is 332. The van der Waals surface area contributed by atoms with Gasteiger partial charge in [0.1, 0.15) is 0 Å². The van der Waals surface area contributed by atoms with Gasteiger partial charge >= 0.3 is 123 Å². The van der Waals surface area contributed by atoms with Crippen molar-refractivity contribution in [3.63, 3.8) is 0 Å². The number of unbranched alkanes of at least 4 members (excludes halogenated alkanes) is 4. The van der Waals surface area contributed by atoms with Crippen LogP contribution in [0.25, 0.3) is 0 Å². The van der Waals surface area contributed by atoms with Crippen molar-refractivity contribution in [3.8, 4) is 0 Å². The average molecular weight is 327 g/mol.